The Bertz CT molecular complexity index is 522. The van der Waals surface area contributed by atoms with Gasteiger partial charge in [-0.2, -0.15) is 0 Å². The van der Waals surface area contributed by atoms with Crippen LogP contribution in [0.25, 0.3) is 0 Å². The number of fused-ring (bicyclic) bond motifs is 1. The van der Waals surface area contributed by atoms with Gasteiger partial charge in [0.25, 0.3) is 0 Å². The number of hydrogen-bond acceptors (Lipinski definition) is 4. The van der Waals surface area contributed by atoms with Crippen LogP contribution in [0, 0.1) is 0 Å². The van der Waals surface area contributed by atoms with Crippen molar-refractivity contribution in [2.24, 2.45) is 5.73 Å². The fraction of sp³-hybridized carbons (Fsp3) is 0.357. The standard InChI is InChI=1S/C14H16N2S2/c15-11-7-4-8-12-14(11)18-13(16-12)9-17-10-5-2-1-3-6-10/h1-3,5-6,11H,4,7-9,15H2. The smallest absolute Gasteiger partial charge is 0.103 e. The van der Waals surface area contributed by atoms with E-state index in [2.05, 4.69) is 24.3 Å². The molecule has 3 rings (SSSR count). The highest BCUT2D eigenvalue weighted by Gasteiger charge is 2.21. The molecule has 0 aliphatic heterocycles. The fourth-order valence-corrected chi connectivity index (χ4v) is 4.29. The van der Waals surface area contributed by atoms with Gasteiger partial charge in [0.05, 0.1) is 11.4 Å². The zero-order chi connectivity index (χ0) is 12.4. The topological polar surface area (TPSA) is 38.9 Å². The zero-order valence-corrected chi connectivity index (χ0v) is 11.8. The van der Waals surface area contributed by atoms with Crippen molar-refractivity contribution in [1.82, 2.24) is 4.98 Å². The van der Waals surface area contributed by atoms with E-state index in [1.165, 1.54) is 26.9 Å². The summed E-state index contributed by atoms with van der Waals surface area (Å²) in [6.07, 6.45) is 3.40. The second-order valence-corrected chi connectivity index (χ2v) is 6.68. The maximum atomic E-state index is 6.13. The van der Waals surface area contributed by atoms with Gasteiger partial charge in [0, 0.05) is 15.8 Å². The monoisotopic (exact) mass is 276 g/mol. The Labute approximate surface area is 116 Å². The first-order chi connectivity index (χ1) is 8.83. The van der Waals surface area contributed by atoms with Gasteiger partial charge in [0.2, 0.25) is 0 Å². The highest BCUT2D eigenvalue weighted by Crippen LogP contribution is 2.34. The molecule has 18 heavy (non-hydrogen) atoms. The molecule has 0 saturated heterocycles. The Kier molecular flexibility index (Phi) is 3.68. The SMILES string of the molecule is NC1CCCc2nc(CSc3ccccc3)sc21. The Morgan fingerprint density at radius 3 is 2.94 bits per heavy atom. The van der Waals surface area contributed by atoms with Crippen LogP contribution in [0.1, 0.15) is 34.5 Å². The first kappa shape index (κ1) is 12.2. The summed E-state index contributed by atoms with van der Waals surface area (Å²) in [5.41, 5.74) is 7.38. The third-order valence-corrected chi connectivity index (χ3v) is 5.58. The molecule has 1 aliphatic carbocycles. The lowest BCUT2D eigenvalue weighted by atomic mass is 9.99. The van der Waals surface area contributed by atoms with Crippen molar-refractivity contribution < 1.29 is 0 Å². The molecule has 2 nitrogen and oxygen atoms in total. The molecular weight excluding hydrogens is 260 g/mol. The summed E-state index contributed by atoms with van der Waals surface area (Å²) in [4.78, 5) is 7.36. The molecule has 1 atom stereocenters. The molecule has 0 radical (unpaired) electrons. The Morgan fingerprint density at radius 1 is 1.33 bits per heavy atom. The van der Waals surface area contributed by atoms with Crippen molar-refractivity contribution in [2.45, 2.75) is 36.0 Å². The molecule has 1 aromatic heterocycles. The molecule has 0 bridgehead atoms. The number of nitrogens with zero attached hydrogens (tertiary/aromatic N) is 1. The van der Waals surface area contributed by atoms with Crippen LogP contribution in [0.4, 0.5) is 0 Å². The van der Waals surface area contributed by atoms with E-state index in [-0.39, 0.29) is 6.04 Å². The second kappa shape index (κ2) is 5.43. The highest BCUT2D eigenvalue weighted by molar-refractivity contribution is 7.98. The van der Waals surface area contributed by atoms with Gasteiger partial charge in [-0.25, -0.2) is 4.98 Å². The van der Waals surface area contributed by atoms with Crippen LogP contribution >= 0.6 is 23.1 Å². The molecule has 1 heterocycles. The number of hydrogen-bond donors (Lipinski definition) is 1. The number of rotatable bonds is 3. The quantitative estimate of drug-likeness (QED) is 0.867. The van der Waals surface area contributed by atoms with Crippen LogP contribution in [0.2, 0.25) is 0 Å². The summed E-state index contributed by atoms with van der Waals surface area (Å²) >= 11 is 3.65. The molecule has 1 aliphatic rings. The van der Waals surface area contributed by atoms with E-state index in [0.29, 0.717) is 0 Å². The van der Waals surface area contributed by atoms with E-state index in [0.717, 1.165) is 18.6 Å². The third-order valence-electron chi connectivity index (χ3n) is 3.14. The van der Waals surface area contributed by atoms with Crippen LogP contribution in [-0.2, 0) is 12.2 Å². The minimum atomic E-state index is 0.224. The number of aromatic nitrogens is 1. The molecule has 0 spiro atoms. The predicted octanol–water partition coefficient (Wildman–Crippen LogP) is 3.77. The van der Waals surface area contributed by atoms with E-state index in [9.17, 15) is 0 Å². The van der Waals surface area contributed by atoms with Crippen LogP contribution in [0.15, 0.2) is 35.2 Å². The minimum Gasteiger partial charge on any atom is -0.323 e. The lowest BCUT2D eigenvalue weighted by Crippen LogP contribution is -2.15. The molecular formula is C14H16N2S2. The number of thioether (sulfide) groups is 1. The predicted molar refractivity (Wildman–Crippen MR) is 78.0 cm³/mol. The van der Waals surface area contributed by atoms with Crippen molar-refractivity contribution in [3.63, 3.8) is 0 Å². The van der Waals surface area contributed by atoms with Crippen molar-refractivity contribution >= 4 is 23.1 Å². The van der Waals surface area contributed by atoms with Crippen LogP contribution < -0.4 is 5.73 Å². The van der Waals surface area contributed by atoms with Gasteiger partial charge in [-0.3, -0.25) is 0 Å². The number of thiazole rings is 1. The first-order valence-electron chi connectivity index (χ1n) is 6.25. The lowest BCUT2D eigenvalue weighted by Gasteiger charge is -2.15. The largest absolute Gasteiger partial charge is 0.323 e. The normalized spacial score (nSPS) is 18.6. The molecule has 2 aromatic rings. The first-order valence-corrected chi connectivity index (χ1v) is 8.05. The van der Waals surface area contributed by atoms with Gasteiger partial charge in [-0.15, -0.1) is 23.1 Å². The summed E-state index contributed by atoms with van der Waals surface area (Å²) in [7, 11) is 0. The molecule has 0 saturated carbocycles. The summed E-state index contributed by atoms with van der Waals surface area (Å²) in [5, 5.41) is 1.21. The molecule has 2 N–H and O–H groups in total. The summed E-state index contributed by atoms with van der Waals surface area (Å²) in [5.74, 6) is 0.953. The van der Waals surface area contributed by atoms with Crippen molar-refractivity contribution in [2.75, 3.05) is 0 Å². The third kappa shape index (κ3) is 2.60. The number of aryl methyl sites for hydroxylation is 1. The molecule has 0 amide bonds. The van der Waals surface area contributed by atoms with E-state index in [1.54, 1.807) is 11.3 Å². The summed E-state index contributed by atoms with van der Waals surface area (Å²) in [6, 6.07) is 10.7. The second-order valence-electron chi connectivity index (χ2n) is 4.52. The van der Waals surface area contributed by atoms with Crippen LogP contribution in [0.5, 0.6) is 0 Å². The zero-order valence-electron chi connectivity index (χ0n) is 10.1. The van der Waals surface area contributed by atoms with E-state index >= 15 is 0 Å². The maximum Gasteiger partial charge on any atom is 0.103 e. The van der Waals surface area contributed by atoms with Crippen molar-refractivity contribution in [1.29, 1.82) is 0 Å². The minimum absolute atomic E-state index is 0.224. The van der Waals surface area contributed by atoms with E-state index in [1.807, 2.05) is 17.8 Å². The molecule has 4 heteroatoms. The van der Waals surface area contributed by atoms with Gasteiger partial charge in [0.1, 0.15) is 5.01 Å². The Hall–Kier alpha value is -0.840. The average Bonchev–Trinajstić information content (AvgIpc) is 2.82. The number of nitrogens with two attached hydrogens (primary N) is 1. The molecule has 94 valence electrons. The fourth-order valence-electron chi connectivity index (χ4n) is 2.23. The van der Waals surface area contributed by atoms with E-state index in [4.69, 9.17) is 10.7 Å². The van der Waals surface area contributed by atoms with Crippen molar-refractivity contribution in [3.8, 4) is 0 Å². The summed E-state index contributed by atoms with van der Waals surface area (Å²) < 4.78 is 0. The van der Waals surface area contributed by atoms with Gasteiger partial charge >= 0.3 is 0 Å². The lowest BCUT2D eigenvalue weighted by molar-refractivity contribution is 0.573. The molecule has 1 unspecified atom stereocenters. The molecule has 0 fully saturated rings. The van der Waals surface area contributed by atoms with Crippen LogP contribution in [-0.4, -0.2) is 4.98 Å². The van der Waals surface area contributed by atoms with E-state index < -0.39 is 0 Å². The highest BCUT2D eigenvalue weighted by atomic mass is 32.2. The summed E-state index contributed by atoms with van der Waals surface area (Å²) in [6.45, 7) is 0. The Balaban J connectivity index is 1.70. The van der Waals surface area contributed by atoms with Crippen molar-refractivity contribution in [3.05, 3.63) is 45.9 Å². The van der Waals surface area contributed by atoms with Gasteiger partial charge in [-0.05, 0) is 31.4 Å². The average molecular weight is 276 g/mol. The number of benzene rings is 1. The molecule has 1 aromatic carbocycles. The Morgan fingerprint density at radius 2 is 2.17 bits per heavy atom. The van der Waals surface area contributed by atoms with Gasteiger partial charge in [0.15, 0.2) is 0 Å². The maximum absolute atomic E-state index is 6.13. The van der Waals surface area contributed by atoms with Gasteiger partial charge in [-0.1, -0.05) is 18.2 Å². The van der Waals surface area contributed by atoms with Crippen LogP contribution in [0.3, 0.4) is 0 Å². The van der Waals surface area contributed by atoms with Gasteiger partial charge < -0.3 is 5.73 Å².